The third-order valence-corrected chi connectivity index (χ3v) is 5.14. The van der Waals surface area contributed by atoms with Crippen LogP contribution >= 0.6 is 0 Å². The van der Waals surface area contributed by atoms with E-state index in [1.807, 2.05) is 49.4 Å². The lowest BCUT2D eigenvalue weighted by atomic mass is 10.1. The summed E-state index contributed by atoms with van der Waals surface area (Å²) in [6, 6.07) is 17.8. The standard InChI is InChI=1S/C25H24N2O3.CO2/c1-17-24(26-25(28)29-18(2)22-6-4-3-5-7-22)23(30-27-17)15-14-19-8-10-20(11-9-19)16-21-12-13-21;2-1-3/h3-11,18,21H,12-13,16H2,1-2H3,(H,26,28);/t18-;/m1./s1. The molecule has 1 fully saturated rings. The molecule has 0 bridgehead atoms. The van der Waals surface area contributed by atoms with Crippen molar-refractivity contribution in [2.45, 2.75) is 39.2 Å². The second-order valence-electron chi connectivity index (χ2n) is 7.73. The molecule has 1 aromatic heterocycles. The predicted octanol–water partition coefficient (Wildman–Crippen LogP) is 5.06. The first-order chi connectivity index (χ1) is 16.0. The third-order valence-electron chi connectivity index (χ3n) is 5.14. The van der Waals surface area contributed by atoms with Gasteiger partial charge in [0.05, 0.1) is 0 Å². The Labute approximate surface area is 192 Å². The van der Waals surface area contributed by atoms with Crippen LogP contribution in [0.2, 0.25) is 0 Å². The topological polar surface area (TPSA) is 98.5 Å². The summed E-state index contributed by atoms with van der Waals surface area (Å²) in [5.74, 6) is 7.20. The average molecular weight is 444 g/mol. The smallest absolute Gasteiger partial charge is 0.412 e. The van der Waals surface area contributed by atoms with Gasteiger partial charge in [-0.15, -0.1) is 0 Å². The van der Waals surface area contributed by atoms with E-state index < -0.39 is 6.09 Å². The molecule has 0 radical (unpaired) electrons. The van der Waals surface area contributed by atoms with Crippen LogP contribution in [0.1, 0.15) is 54.0 Å². The number of aromatic nitrogens is 1. The molecule has 2 aromatic carbocycles. The number of benzene rings is 2. The fraction of sp³-hybridized carbons (Fsp3) is 0.269. The van der Waals surface area contributed by atoms with E-state index >= 15 is 0 Å². The second-order valence-corrected chi connectivity index (χ2v) is 7.73. The van der Waals surface area contributed by atoms with Crippen LogP contribution in [0.5, 0.6) is 0 Å². The lowest BCUT2D eigenvalue weighted by molar-refractivity contribution is -0.191. The number of amides is 1. The van der Waals surface area contributed by atoms with Gasteiger partial charge in [0.15, 0.2) is 0 Å². The Kier molecular flexibility index (Phi) is 8.18. The summed E-state index contributed by atoms with van der Waals surface area (Å²) in [5, 5.41) is 6.64. The molecule has 1 amide bonds. The zero-order valence-electron chi connectivity index (χ0n) is 18.5. The van der Waals surface area contributed by atoms with E-state index in [0.717, 1.165) is 23.5 Å². The van der Waals surface area contributed by atoms with E-state index in [1.54, 1.807) is 6.92 Å². The van der Waals surface area contributed by atoms with Gasteiger partial charge in [0, 0.05) is 5.56 Å². The van der Waals surface area contributed by atoms with Crippen molar-refractivity contribution in [3.05, 3.63) is 82.7 Å². The first kappa shape index (κ1) is 23.5. The quantitative estimate of drug-likeness (QED) is 0.552. The molecule has 0 saturated heterocycles. The van der Waals surface area contributed by atoms with Gasteiger partial charge in [-0.3, -0.25) is 5.32 Å². The number of rotatable bonds is 5. The van der Waals surface area contributed by atoms with Crippen LogP contribution in [0.3, 0.4) is 0 Å². The molecule has 1 aliphatic carbocycles. The van der Waals surface area contributed by atoms with Gasteiger partial charge < -0.3 is 9.26 Å². The van der Waals surface area contributed by atoms with Crippen molar-refractivity contribution in [2.24, 2.45) is 5.92 Å². The SMILES string of the molecule is Cc1noc(C#Cc2ccc(CC3CC3)cc2)c1NC(=O)O[C@H](C)c1ccccc1.O=C=O. The molecular weight excluding hydrogens is 420 g/mol. The van der Waals surface area contributed by atoms with E-state index in [0.29, 0.717) is 17.1 Å². The Balaban J connectivity index is 0.000000968. The van der Waals surface area contributed by atoms with Crippen LogP contribution in [0.4, 0.5) is 10.5 Å². The van der Waals surface area contributed by atoms with Gasteiger partial charge in [0.25, 0.3) is 0 Å². The largest absolute Gasteiger partial charge is 0.441 e. The fourth-order valence-corrected chi connectivity index (χ4v) is 3.19. The zero-order valence-corrected chi connectivity index (χ0v) is 18.5. The van der Waals surface area contributed by atoms with E-state index in [2.05, 4.69) is 34.4 Å². The van der Waals surface area contributed by atoms with Crippen LogP contribution in [0.15, 0.2) is 59.1 Å². The van der Waals surface area contributed by atoms with Crippen LogP contribution < -0.4 is 5.32 Å². The zero-order chi connectivity index (χ0) is 23.6. The minimum absolute atomic E-state index is 0.250. The van der Waals surface area contributed by atoms with Crippen LogP contribution in [-0.4, -0.2) is 17.4 Å². The molecule has 33 heavy (non-hydrogen) atoms. The molecule has 1 N–H and O–H groups in total. The number of nitrogens with zero attached hydrogens (tertiary/aromatic N) is 1. The van der Waals surface area contributed by atoms with Gasteiger partial charge in [-0.25, -0.2) is 4.79 Å². The highest BCUT2D eigenvalue weighted by Crippen LogP contribution is 2.32. The Bertz CT molecular complexity index is 1160. The van der Waals surface area contributed by atoms with Gasteiger partial charge in [0.1, 0.15) is 17.5 Å². The Morgan fingerprint density at radius 1 is 1.12 bits per heavy atom. The number of hydrogen-bond acceptors (Lipinski definition) is 6. The Hall–Kier alpha value is -4.14. The van der Waals surface area contributed by atoms with E-state index in [9.17, 15) is 4.79 Å². The maximum absolute atomic E-state index is 12.4. The molecule has 0 unspecified atom stereocenters. The molecule has 1 saturated carbocycles. The molecule has 7 nitrogen and oxygen atoms in total. The van der Waals surface area contributed by atoms with E-state index in [1.165, 1.54) is 18.4 Å². The monoisotopic (exact) mass is 444 g/mol. The van der Waals surface area contributed by atoms with Crippen LogP contribution in [-0.2, 0) is 20.7 Å². The van der Waals surface area contributed by atoms with Crippen molar-refractivity contribution in [3.63, 3.8) is 0 Å². The van der Waals surface area contributed by atoms with Crippen molar-refractivity contribution in [2.75, 3.05) is 5.32 Å². The van der Waals surface area contributed by atoms with Crippen molar-refractivity contribution in [1.82, 2.24) is 5.16 Å². The van der Waals surface area contributed by atoms with E-state index in [4.69, 9.17) is 18.8 Å². The van der Waals surface area contributed by atoms with Crippen LogP contribution in [0, 0.1) is 24.7 Å². The van der Waals surface area contributed by atoms with Crippen LogP contribution in [0.25, 0.3) is 0 Å². The van der Waals surface area contributed by atoms with E-state index in [-0.39, 0.29) is 12.3 Å². The summed E-state index contributed by atoms with van der Waals surface area (Å²) in [5.41, 5.74) is 4.12. The third kappa shape index (κ3) is 7.20. The molecular formula is C26H24N2O5. The van der Waals surface area contributed by atoms with Crippen molar-refractivity contribution in [1.29, 1.82) is 0 Å². The molecule has 1 atom stereocenters. The highest BCUT2D eigenvalue weighted by atomic mass is 16.6. The second kappa shape index (κ2) is 11.5. The summed E-state index contributed by atoms with van der Waals surface area (Å²) in [7, 11) is 0. The number of hydrogen-bond donors (Lipinski definition) is 1. The first-order valence-electron chi connectivity index (χ1n) is 10.6. The van der Waals surface area contributed by atoms with Crippen molar-refractivity contribution in [3.8, 4) is 11.8 Å². The molecule has 1 heterocycles. The summed E-state index contributed by atoms with van der Waals surface area (Å²) >= 11 is 0. The lowest BCUT2D eigenvalue weighted by Crippen LogP contribution is -2.16. The molecule has 168 valence electrons. The minimum atomic E-state index is -0.579. The normalized spacial score (nSPS) is 12.8. The van der Waals surface area contributed by atoms with Crippen molar-refractivity contribution < 1.29 is 23.6 Å². The summed E-state index contributed by atoms with van der Waals surface area (Å²) in [6.45, 7) is 3.57. The maximum Gasteiger partial charge on any atom is 0.412 e. The van der Waals surface area contributed by atoms with Gasteiger partial charge >= 0.3 is 12.2 Å². The molecule has 3 aromatic rings. The lowest BCUT2D eigenvalue weighted by Gasteiger charge is -2.13. The first-order valence-corrected chi connectivity index (χ1v) is 10.6. The summed E-state index contributed by atoms with van der Waals surface area (Å²) in [4.78, 5) is 28.6. The highest BCUT2D eigenvalue weighted by molar-refractivity contribution is 5.87. The minimum Gasteiger partial charge on any atom is -0.441 e. The number of nitrogens with one attached hydrogen (secondary N) is 1. The molecule has 0 aliphatic heterocycles. The molecule has 0 spiro atoms. The van der Waals surface area contributed by atoms with Gasteiger partial charge in [-0.05, 0) is 68.2 Å². The highest BCUT2D eigenvalue weighted by Gasteiger charge is 2.21. The summed E-state index contributed by atoms with van der Waals surface area (Å²) in [6.07, 6.45) is 3.12. The average Bonchev–Trinajstić information content (AvgIpc) is 3.57. The fourth-order valence-electron chi connectivity index (χ4n) is 3.19. The number of carbonyl (C=O) groups is 1. The number of aryl methyl sites for hydroxylation is 1. The number of ether oxygens (including phenoxy) is 1. The molecule has 1 aliphatic rings. The summed E-state index contributed by atoms with van der Waals surface area (Å²) < 4.78 is 10.8. The Morgan fingerprint density at radius 3 is 2.42 bits per heavy atom. The number of anilines is 1. The molecule has 4 rings (SSSR count). The van der Waals surface area contributed by atoms with Gasteiger partial charge in [-0.2, -0.15) is 9.59 Å². The van der Waals surface area contributed by atoms with Gasteiger partial charge in [0.2, 0.25) is 5.76 Å². The maximum atomic E-state index is 12.4. The number of carbonyl (C=O) groups excluding carboxylic acids is 3. The predicted molar refractivity (Wildman–Crippen MR) is 120 cm³/mol. The van der Waals surface area contributed by atoms with Gasteiger partial charge in [-0.1, -0.05) is 53.5 Å². The Morgan fingerprint density at radius 2 is 1.79 bits per heavy atom. The molecule has 7 heteroatoms. The van der Waals surface area contributed by atoms with Crippen molar-refractivity contribution >= 4 is 17.9 Å².